The lowest BCUT2D eigenvalue weighted by atomic mass is 10.1. The summed E-state index contributed by atoms with van der Waals surface area (Å²) in [6.07, 6.45) is 0.319. The van der Waals surface area contributed by atoms with Gasteiger partial charge in [0.05, 0.1) is 12.6 Å². The lowest BCUT2D eigenvalue weighted by molar-refractivity contribution is -0.131. The van der Waals surface area contributed by atoms with Gasteiger partial charge in [0, 0.05) is 40.8 Å². The van der Waals surface area contributed by atoms with Crippen LogP contribution in [0.5, 0.6) is 0 Å². The molecule has 1 amide bonds. The predicted molar refractivity (Wildman–Crippen MR) is 95.8 cm³/mol. The molecule has 1 aliphatic heterocycles. The van der Waals surface area contributed by atoms with E-state index < -0.39 is 6.10 Å². The van der Waals surface area contributed by atoms with Crippen LogP contribution in [0.25, 0.3) is 21.8 Å². The summed E-state index contributed by atoms with van der Waals surface area (Å²) in [5, 5.41) is 13.0. The largest absolute Gasteiger partial charge is 0.389 e. The van der Waals surface area contributed by atoms with Crippen LogP contribution in [-0.4, -0.2) is 39.7 Å². The van der Waals surface area contributed by atoms with Crippen LogP contribution in [-0.2, 0) is 11.3 Å². The van der Waals surface area contributed by atoms with Gasteiger partial charge in [-0.2, -0.15) is 0 Å². The van der Waals surface area contributed by atoms with E-state index in [2.05, 4.69) is 28.8 Å². The van der Waals surface area contributed by atoms with Gasteiger partial charge < -0.3 is 14.6 Å². The maximum absolute atomic E-state index is 12.1. The molecule has 2 atom stereocenters. The van der Waals surface area contributed by atoms with Gasteiger partial charge in [0.15, 0.2) is 0 Å². The Morgan fingerprint density at radius 1 is 1.04 bits per heavy atom. The minimum atomic E-state index is -0.571. The maximum atomic E-state index is 12.1. The highest BCUT2D eigenvalue weighted by Gasteiger charge is 2.29. The number of fused-ring (bicyclic) bond motifs is 3. The predicted octanol–water partition coefficient (Wildman–Crippen LogP) is 3.02. The molecule has 0 aliphatic carbocycles. The maximum Gasteiger partial charge on any atom is 0.225 e. The second-order valence-corrected chi connectivity index (χ2v) is 6.77. The molecule has 4 nitrogen and oxygen atoms in total. The number of β-amino-alcohol motifs (C(OH)–C–C–N with tert-alkyl or cyclic N) is 1. The summed E-state index contributed by atoms with van der Waals surface area (Å²) in [7, 11) is 0. The van der Waals surface area contributed by atoms with E-state index in [-0.39, 0.29) is 11.8 Å². The molecule has 0 spiro atoms. The molecule has 124 valence electrons. The third-order valence-electron chi connectivity index (χ3n) is 5.07. The summed E-state index contributed by atoms with van der Waals surface area (Å²) >= 11 is 0. The average molecular weight is 322 g/mol. The van der Waals surface area contributed by atoms with Crippen molar-refractivity contribution in [3.8, 4) is 0 Å². The van der Waals surface area contributed by atoms with Gasteiger partial charge in [0.2, 0.25) is 5.91 Å². The standard InChI is InChI=1S/C20H22N2O2/c1-14-10-11-21(20(14)24)12-15(23)13-22-18-8-4-2-6-16(18)17-7-3-5-9-19(17)22/h2-9,14-15,23H,10-13H2,1H3/t14-,15+/m1/s1. The number of carbonyl (C=O) groups excluding carboxylic acids is 1. The van der Waals surface area contributed by atoms with Crippen LogP contribution in [0.4, 0.5) is 0 Å². The normalized spacial score (nSPS) is 19.5. The van der Waals surface area contributed by atoms with Crippen molar-refractivity contribution < 1.29 is 9.90 Å². The number of aliphatic hydroxyl groups is 1. The van der Waals surface area contributed by atoms with Crippen molar-refractivity contribution in [2.75, 3.05) is 13.1 Å². The van der Waals surface area contributed by atoms with Crippen LogP contribution in [0.1, 0.15) is 13.3 Å². The summed E-state index contributed by atoms with van der Waals surface area (Å²) < 4.78 is 2.17. The number of likely N-dealkylation sites (tertiary alicyclic amines) is 1. The van der Waals surface area contributed by atoms with E-state index in [1.54, 1.807) is 4.90 Å². The molecule has 1 aromatic heterocycles. The molecule has 1 aliphatic rings. The van der Waals surface area contributed by atoms with Gasteiger partial charge in [0.25, 0.3) is 0 Å². The molecule has 4 heteroatoms. The zero-order valence-electron chi connectivity index (χ0n) is 13.9. The molecule has 24 heavy (non-hydrogen) atoms. The Kier molecular flexibility index (Phi) is 3.77. The number of aliphatic hydroxyl groups excluding tert-OH is 1. The number of hydrogen-bond donors (Lipinski definition) is 1. The first kappa shape index (κ1) is 15.2. The zero-order valence-corrected chi connectivity index (χ0v) is 13.9. The number of amides is 1. The fraction of sp³-hybridized carbons (Fsp3) is 0.350. The monoisotopic (exact) mass is 322 g/mol. The molecule has 1 saturated heterocycles. The Balaban J connectivity index is 1.65. The Morgan fingerprint density at radius 2 is 1.62 bits per heavy atom. The lowest BCUT2D eigenvalue weighted by Gasteiger charge is -2.21. The number of carbonyl (C=O) groups is 1. The third kappa shape index (κ3) is 2.47. The second-order valence-electron chi connectivity index (χ2n) is 6.77. The molecule has 0 radical (unpaired) electrons. The number of aromatic nitrogens is 1. The van der Waals surface area contributed by atoms with E-state index in [1.807, 2.05) is 31.2 Å². The van der Waals surface area contributed by atoms with Crippen molar-refractivity contribution >= 4 is 27.7 Å². The zero-order chi connectivity index (χ0) is 16.7. The van der Waals surface area contributed by atoms with Crippen molar-refractivity contribution in [3.63, 3.8) is 0 Å². The van der Waals surface area contributed by atoms with Gasteiger partial charge in [-0.3, -0.25) is 4.79 Å². The highest BCUT2D eigenvalue weighted by atomic mass is 16.3. The molecule has 3 aromatic rings. The second kappa shape index (κ2) is 5.95. The van der Waals surface area contributed by atoms with Crippen LogP contribution in [0, 0.1) is 5.92 Å². The minimum Gasteiger partial charge on any atom is -0.389 e. The van der Waals surface area contributed by atoms with E-state index in [9.17, 15) is 9.90 Å². The molecule has 0 unspecified atom stereocenters. The molecule has 0 bridgehead atoms. The quantitative estimate of drug-likeness (QED) is 0.802. The van der Waals surface area contributed by atoms with Crippen molar-refractivity contribution in [1.82, 2.24) is 9.47 Å². The van der Waals surface area contributed by atoms with Crippen LogP contribution in [0.15, 0.2) is 48.5 Å². The van der Waals surface area contributed by atoms with E-state index >= 15 is 0 Å². The Bertz CT molecular complexity index is 846. The van der Waals surface area contributed by atoms with Crippen molar-refractivity contribution in [2.45, 2.75) is 26.0 Å². The SMILES string of the molecule is C[C@@H]1CCN(C[C@H](O)Cn2c3ccccc3c3ccccc32)C1=O. The fourth-order valence-corrected chi connectivity index (χ4v) is 3.80. The van der Waals surface area contributed by atoms with Crippen molar-refractivity contribution in [3.05, 3.63) is 48.5 Å². The van der Waals surface area contributed by atoms with E-state index in [4.69, 9.17) is 0 Å². The Hall–Kier alpha value is -2.33. The molecular weight excluding hydrogens is 300 g/mol. The first-order chi connectivity index (χ1) is 11.6. The van der Waals surface area contributed by atoms with E-state index in [1.165, 1.54) is 10.8 Å². The summed E-state index contributed by atoms with van der Waals surface area (Å²) in [6.45, 7) is 3.61. The van der Waals surface area contributed by atoms with Gasteiger partial charge in [-0.1, -0.05) is 43.3 Å². The smallest absolute Gasteiger partial charge is 0.225 e. The summed E-state index contributed by atoms with van der Waals surface area (Å²) in [5.41, 5.74) is 2.25. The highest BCUT2D eigenvalue weighted by molar-refractivity contribution is 6.07. The Labute approximate surface area is 141 Å². The fourth-order valence-electron chi connectivity index (χ4n) is 3.80. The van der Waals surface area contributed by atoms with Gasteiger partial charge in [0.1, 0.15) is 0 Å². The molecule has 0 saturated carbocycles. The molecule has 1 fully saturated rings. The first-order valence-electron chi connectivity index (χ1n) is 8.58. The van der Waals surface area contributed by atoms with E-state index in [0.29, 0.717) is 13.1 Å². The summed E-state index contributed by atoms with van der Waals surface area (Å²) in [6, 6.07) is 16.5. The summed E-state index contributed by atoms with van der Waals surface area (Å²) in [4.78, 5) is 13.9. The van der Waals surface area contributed by atoms with Gasteiger partial charge in [-0.25, -0.2) is 0 Å². The molecule has 1 N–H and O–H groups in total. The van der Waals surface area contributed by atoms with Crippen LogP contribution >= 0.6 is 0 Å². The number of para-hydroxylation sites is 2. The van der Waals surface area contributed by atoms with Gasteiger partial charge >= 0.3 is 0 Å². The number of rotatable bonds is 4. The minimum absolute atomic E-state index is 0.0884. The Morgan fingerprint density at radius 3 is 2.17 bits per heavy atom. The van der Waals surface area contributed by atoms with Crippen molar-refractivity contribution in [2.24, 2.45) is 5.92 Å². The third-order valence-corrected chi connectivity index (χ3v) is 5.07. The summed E-state index contributed by atoms with van der Waals surface area (Å²) in [5.74, 6) is 0.252. The number of nitrogens with zero attached hydrogens (tertiary/aromatic N) is 2. The topological polar surface area (TPSA) is 45.5 Å². The average Bonchev–Trinajstić information content (AvgIpc) is 3.08. The molecule has 2 heterocycles. The van der Waals surface area contributed by atoms with Crippen molar-refractivity contribution in [1.29, 1.82) is 0 Å². The van der Waals surface area contributed by atoms with Gasteiger partial charge in [-0.15, -0.1) is 0 Å². The lowest BCUT2D eigenvalue weighted by Crippen LogP contribution is -2.36. The number of benzene rings is 2. The van der Waals surface area contributed by atoms with Crippen LogP contribution in [0.3, 0.4) is 0 Å². The highest BCUT2D eigenvalue weighted by Crippen LogP contribution is 2.29. The molecular formula is C20H22N2O2. The first-order valence-corrected chi connectivity index (χ1v) is 8.58. The molecule has 2 aromatic carbocycles. The molecule has 4 rings (SSSR count). The van der Waals surface area contributed by atoms with Gasteiger partial charge in [-0.05, 0) is 18.6 Å². The van der Waals surface area contributed by atoms with Crippen LogP contribution < -0.4 is 0 Å². The number of hydrogen-bond acceptors (Lipinski definition) is 2. The van der Waals surface area contributed by atoms with Crippen LogP contribution in [0.2, 0.25) is 0 Å². The van der Waals surface area contributed by atoms with E-state index in [0.717, 1.165) is 24.0 Å².